The Morgan fingerprint density at radius 2 is 2.12 bits per heavy atom. The first-order valence-corrected chi connectivity index (χ1v) is 2.92. The first kappa shape index (κ1) is 7.92. The molecular weight excluding hydrogens is 104 g/mol. The Hall–Kier alpha value is -0.0800. The summed E-state index contributed by atoms with van der Waals surface area (Å²) >= 11 is 0. The van der Waals surface area contributed by atoms with Crippen LogP contribution in [-0.2, 0) is 5.11 Å². The van der Waals surface area contributed by atoms with E-state index in [9.17, 15) is 5.11 Å². The summed E-state index contributed by atoms with van der Waals surface area (Å²) in [5.74, 6) is 0. The van der Waals surface area contributed by atoms with Gasteiger partial charge in [-0.05, 0) is 25.7 Å². The van der Waals surface area contributed by atoms with Crippen molar-refractivity contribution >= 4 is 0 Å². The molecule has 2 radical (unpaired) electrons. The van der Waals surface area contributed by atoms with Gasteiger partial charge in [0, 0.05) is 6.61 Å². The summed E-state index contributed by atoms with van der Waals surface area (Å²) in [6.45, 7) is 0.209. The van der Waals surface area contributed by atoms with Crippen molar-refractivity contribution in [3.8, 4) is 0 Å². The van der Waals surface area contributed by atoms with Crippen LogP contribution in [-0.4, -0.2) is 18.3 Å². The van der Waals surface area contributed by atoms with Gasteiger partial charge in [-0.25, -0.2) is 5.11 Å². The second-order valence-corrected chi connectivity index (χ2v) is 1.65. The van der Waals surface area contributed by atoms with Crippen LogP contribution in [0.15, 0.2) is 0 Å². The molecule has 2 heteroatoms. The molecule has 0 aliphatic carbocycles. The minimum absolute atomic E-state index is 0.00191. The molecule has 2 nitrogen and oxygen atoms in total. The second kappa shape index (κ2) is 6.92. The zero-order valence-corrected chi connectivity index (χ0v) is 4.97. The van der Waals surface area contributed by atoms with Crippen LogP contribution in [0.1, 0.15) is 19.3 Å². The monoisotopic (exact) mass is 116 g/mol. The summed E-state index contributed by atoms with van der Waals surface area (Å²) in [6, 6.07) is 0. The average Bonchev–Trinajstić information content (AvgIpc) is 1.81. The molecule has 0 bridgehead atoms. The van der Waals surface area contributed by atoms with Crippen molar-refractivity contribution in [2.24, 2.45) is 0 Å². The highest BCUT2D eigenvalue weighted by molar-refractivity contribution is 4.62. The summed E-state index contributed by atoms with van der Waals surface area (Å²) in [7, 11) is 0. The lowest BCUT2D eigenvalue weighted by molar-refractivity contribution is 0.188. The molecule has 0 saturated carbocycles. The molecule has 0 unspecified atom stereocenters. The van der Waals surface area contributed by atoms with Gasteiger partial charge in [0.15, 0.2) is 0 Å². The van der Waals surface area contributed by atoms with Crippen LogP contribution in [0.25, 0.3) is 0 Å². The van der Waals surface area contributed by atoms with Crippen molar-refractivity contribution in [1.29, 1.82) is 0 Å². The van der Waals surface area contributed by atoms with Crippen LogP contribution >= 0.6 is 0 Å². The van der Waals surface area contributed by atoms with Crippen molar-refractivity contribution in [3.05, 3.63) is 6.42 Å². The van der Waals surface area contributed by atoms with E-state index in [4.69, 9.17) is 5.11 Å². The molecule has 0 rings (SSSR count). The minimum Gasteiger partial charge on any atom is -0.396 e. The standard InChI is InChI=1S/C6H12O2/c7-5-3-1-2-4-6-8/h1,7H,2-6H2. The Morgan fingerprint density at radius 3 is 2.62 bits per heavy atom. The average molecular weight is 116 g/mol. The molecule has 48 valence electrons. The number of aliphatic hydroxyl groups excluding tert-OH is 1. The summed E-state index contributed by atoms with van der Waals surface area (Å²) in [5, 5.41) is 18.1. The molecule has 0 heterocycles. The fraction of sp³-hybridized carbons (Fsp3) is 0.833. The molecule has 0 aromatic rings. The molecule has 0 spiro atoms. The zero-order chi connectivity index (χ0) is 6.24. The van der Waals surface area contributed by atoms with Gasteiger partial charge in [-0.2, -0.15) is 0 Å². The van der Waals surface area contributed by atoms with Crippen LogP contribution in [0.5, 0.6) is 0 Å². The summed E-state index contributed by atoms with van der Waals surface area (Å²) in [5.41, 5.74) is 0. The molecule has 0 aromatic carbocycles. The Labute approximate surface area is 50.2 Å². The number of hydrogen-bond donors (Lipinski definition) is 1. The largest absolute Gasteiger partial charge is 0.396 e. The van der Waals surface area contributed by atoms with Crippen molar-refractivity contribution in [1.82, 2.24) is 0 Å². The van der Waals surface area contributed by atoms with E-state index in [0.29, 0.717) is 6.42 Å². The van der Waals surface area contributed by atoms with E-state index in [0.717, 1.165) is 12.8 Å². The van der Waals surface area contributed by atoms with Crippen molar-refractivity contribution in [3.63, 3.8) is 0 Å². The lowest BCUT2D eigenvalue weighted by atomic mass is 10.2. The van der Waals surface area contributed by atoms with Gasteiger partial charge >= 0.3 is 0 Å². The second-order valence-electron chi connectivity index (χ2n) is 1.65. The summed E-state index contributed by atoms with van der Waals surface area (Å²) < 4.78 is 0. The normalized spacial score (nSPS) is 9.75. The quantitative estimate of drug-likeness (QED) is 0.530. The minimum atomic E-state index is 0.00191. The smallest absolute Gasteiger partial charge is 0.0822 e. The van der Waals surface area contributed by atoms with E-state index in [1.807, 2.05) is 6.42 Å². The number of rotatable bonds is 5. The van der Waals surface area contributed by atoms with Gasteiger partial charge < -0.3 is 5.11 Å². The lowest BCUT2D eigenvalue weighted by Gasteiger charge is -1.91. The van der Waals surface area contributed by atoms with Gasteiger partial charge in [0.1, 0.15) is 0 Å². The van der Waals surface area contributed by atoms with E-state index in [-0.39, 0.29) is 13.2 Å². The molecule has 0 saturated heterocycles. The number of hydrogen-bond acceptors (Lipinski definition) is 1. The third-order valence-electron chi connectivity index (χ3n) is 0.886. The predicted molar refractivity (Wildman–Crippen MR) is 30.8 cm³/mol. The molecule has 0 atom stereocenters. The highest BCUT2D eigenvalue weighted by atomic mass is 16.3. The summed E-state index contributed by atoms with van der Waals surface area (Å²) in [6.07, 6.45) is 4.22. The van der Waals surface area contributed by atoms with Crippen LogP contribution in [0, 0.1) is 6.42 Å². The van der Waals surface area contributed by atoms with E-state index in [1.165, 1.54) is 0 Å². The maximum absolute atomic E-state index is 9.81. The van der Waals surface area contributed by atoms with E-state index < -0.39 is 0 Å². The van der Waals surface area contributed by atoms with Crippen LogP contribution in [0.4, 0.5) is 0 Å². The Morgan fingerprint density at radius 1 is 1.38 bits per heavy atom. The first-order valence-electron chi connectivity index (χ1n) is 2.92. The summed E-state index contributed by atoms with van der Waals surface area (Å²) in [4.78, 5) is 0. The highest BCUT2D eigenvalue weighted by Crippen LogP contribution is 1.95. The SMILES string of the molecule is [O]CCC[CH]CCO. The van der Waals surface area contributed by atoms with Crippen molar-refractivity contribution < 1.29 is 10.2 Å². The van der Waals surface area contributed by atoms with Crippen LogP contribution < -0.4 is 0 Å². The van der Waals surface area contributed by atoms with Gasteiger partial charge in [-0.15, -0.1) is 0 Å². The molecule has 1 N–H and O–H groups in total. The Kier molecular flexibility index (Phi) is 6.85. The van der Waals surface area contributed by atoms with Gasteiger partial charge in [0.05, 0.1) is 6.61 Å². The maximum Gasteiger partial charge on any atom is 0.0822 e. The number of unbranched alkanes of at least 4 members (excludes halogenated alkanes) is 3. The van der Waals surface area contributed by atoms with Gasteiger partial charge in [-0.3, -0.25) is 0 Å². The molecule has 0 aliphatic rings. The topological polar surface area (TPSA) is 40.1 Å². The third-order valence-corrected chi connectivity index (χ3v) is 0.886. The van der Waals surface area contributed by atoms with Gasteiger partial charge in [0.2, 0.25) is 0 Å². The van der Waals surface area contributed by atoms with E-state index in [2.05, 4.69) is 0 Å². The third kappa shape index (κ3) is 5.92. The molecule has 0 aromatic heterocycles. The molecule has 0 fully saturated rings. The molecule has 8 heavy (non-hydrogen) atoms. The van der Waals surface area contributed by atoms with Crippen molar-refractivity contribution in [2.45, 2.75) is 19.3 Å². The van der Waals surface area contributed by atoms with Gasteiger partial charge in [0.25, 0.3) is 0 Å². The number of aliphatic hydroxyl groups is 1. The molecule has 0 aliphatic heterocycles. The maximum atomic E-state index is 9.81. The van der Waals surface area contributed by atoms with E-state index >= 15 is 0 Å². The first-order chi connectivity index (χ1) is 3.91. The molecule has 0 amide bonds. The van der Waals surface area contributed by atoms with E-state index in [1.54, 1.807) is 0 Å². The predicted octanol–water partition coefficient (Wildman–Crippen LogP) is 0.784. The zero-order valence-electron chi connectivity index (χ0n) is 4.97. The van der Waals surface area contributed by atoms with Crippen LogP contribution in [0.2, 0.25) is 0 Å². The fourth-order valence-electron chi connectivity index (χ4n) is 0.463. The molecular formula is C6H12O2. The highest BCUT2D eigenvalue weighted by Gasteiger charge is 1.85. The Bertz CT molecular complexity index is 31.5. The lowest BCUT2D eigenvalue weighted by Crippen LogP contribution is -1.85. The van der Waals surface area contributed by atoms with Gasteiger partial charge in [-0.1, -0.05) is 0 Å². The van der Waals surface area contributed by atoms with Crippen molar-refractivity contribution in [2.75, 3.05) is 13.2 Å². The fourth-order valence-corrected chi connectivity index (χ4v) is 0.463. The Balaban J connectivity index is 2.53. The van der Waals surface area contributed by atoms with Crippen LogP contribution in [0.3, 0.4) is 0 Å².